The van der Waals surface area contributed by atoms with Gasteiger partial charge in [0.2, 0.25) is 5.91 Å². The molecule has 2 N–H and O–H groups in total. The van der Waals surface area contributed by atoms with Crippen LogP contribution in [0.1, 0.15) is 25.8 Å². The highest BCUT2D eigenvalue weighted by Gasteiger charge is 2.18. The molecule has 0 saturated carbocycles. The fraction of sp³-hybridized carbons (Fsp3) is 0.429. The van der Waals surface area contributed by atoms with E-state index in [4.69, 9.17) is 5.11 Å². The van der Waals surface area contributed by atoms with Crippen molar-refractivity contribution in [3.05, 3.63) is 35.9 Å². The number of carboxylic acids is 1. The van der Waals surface area contributed by atoms with Crippen LogP contribution in [0.25, 0.3) is 0 Å². The van der Waals surface area contributed by atoms with Crippen molar-refractivity contribution in [3.63, 3.8) is 0 Å². The number of benzene rings is 1. The molecule has 0 heterocycles. The first-order chi connectivity index (χ1) is 8.49. The van der Waals surface area contributed by atoms with E-state index in [1.54, 1.807) is 6.92 Å². The van der Waals surface area contributed by atoms with Gasteiger partial charge in [-0.2, -0.15) is 0 Å². The van der Waals surface area contributed by atoms with E-state index in [1.807, 2.05) is 37.3 Å². The third-order valence-corrected chi connectivity index (χ3v) is 2.70. The Labute approximate surface area is 107 Å². The Balaban J connectivity index is 2.42. The maximum Gasteiger partial charge on any atom is 0.304 e. The van der Waals surface area contributed by atoms with Crippen molar-refractivity contribution in [2.24, 2.45) is 5.92 Å². The summed E-state index contributed by atoms with van der Waals surface area (Å²) in [6.45, 7) is 3.54. The third-order valence-electron chi connectivity index (χ3n) is 2.70. The van der Waals surface area contributed by atoms with Crippen LogP contribution in [-0.2, 0) is 16.0 Å². The first kappa shape index (κ1) is 14.2. The number of rotatable bonds is 6. The monoisotopic (exact) mass is 249 g/mol. The molecule has 0 spiro atoms. The Morgan fingerprint density at radius 1 is 1.22 bits per heavy atom. The van der Waals surface area contributed by atoms with Gasteiger partial charge >= 0.3 is 5.97 Å². The normalized spacial score (nSPS) is 13.7. The largest absolute Gasteiger partial charge is 0.481 e. The van der Waals surface area contributed by atoms with Gasteiger partial charge in [0, 0.05) is 12.0 Å². The summed E-state index contributed by atoms with van der Waals surface area (Å²) in [6, 6.07) is 9.86. The molecular weight excluding hydrogens is 230 g/mol. The molecule has 1 aromatic rings. The Hall–Kier alpha value is -1.84. The summed E-state index contributed by atoms with van der Waals surface area (Å²) in [6.07, 6.45) is 0.607. The van der Waals surface area contributed by atoms with Gasteiger partial charge in [-0.25, -0.2) is 0 Å². The minimum atomic E-state index is -0.951. The highest BCUT2D eigenvalue weighted by Crippen LogP contribution is 2.06. The van der Waals surface area contributed by atoms with Gasteiger partial charge in [0.05, 0.1) is 6.42 Å². The summed E-state index contributed by atoms with van der Waals surface area (Å²) in [7, 11) is 0. The molecule has 4 heteroatoms. The van der Waals surface area contributed by atoms with Crippen LogP contribution in [0, 0.1) is 5.92 Å². The van der Waals surface area contributed by atoms with Gasteiger partial charge in [0.1, 0.15) is 0 Å². The van der Waals surface area contributed by atoms with E-state index in [1.165, 1.54) is 0 Å². The number of carbonyl (C=O) groups excluding carboxylic acids is 1. The van der Waals surface area contributed by atoms with Crippen molar-refractivity contribution in [3.8, 4) is 0 Å². The molecule has 0 radical (unpaired) electrons. The fourth-order valence-corrected chi connectivity index (χ4v) is 1.76. The Bertz CT molecular complexity index is 403. The van der Waals surface area contributed by atoms with E-state index in [0.717, 1.165) is 12.0 Å². The lowest BCUT2D eigenvalue weighted by Gasteiger charge is -2.16. The zero-order valence-electron chi connectivity index (χ0n) is 10.7. The Morgan fingerprint density at radius 3 is 2.39 bits per heavy atom. The average Bonchev–Trinajstić information content (AvgIpc) is 2.29. The minimum absolute atomic E-state index is 0.00357. The summed E-state index contributed by atoms with van der Waals surface area (Å²) < 4.78 is 0. The average molecular weight is 249 g/mol. The fourth-order valence-electron chi connectivity index (χ4n) is 1.76. The van der Waals surface area contributed by atoms with Crippen molar-refractivity contribution in [1.29, 1.82) is 0 Å². The molecular formula is C14H19NO3. The zero-order valence-corrected chi connectivity index (χ0v) is 10.7. The standard InChI is InChI=1S/C14H19NO3/c1-10(8-13(16)17)14(18)15-11(2)9-12-6-4-3-5-7-12/h3-7,10-11H,8-9H2,1-2H3,(H,15,18)(H,16,17). The van der Waals surface area contributed by atoms with Crippen LogP contribution in [0.3, 0.4) is 0 Å². The molecule has 0 aliphatic carbocycles. The van der Waals surface area contributed by atoms with Crippen LogP contribution >= 0.6 is 0 Å². The number of hydrogen-bond acceptors (Lipinski definition) is 2. The van der Waals surface area contributed by atoms with Gasteiger partial charge in [-0.3, -0.25) is 9.59 Å². The molecule has 0 aliphatic heterocycles. The van der Waals surface area contributed by atoms with Crippen LogP contribution in [0.2, 0.25) is 0 Å². The van der Waals surface area contributed by atoms with Crippen LogP contribution < -0.4 is 5.32 Å². The molecule has 2 unspecified atom stereocenters. The Morgan fingerprint density at radius 2 is 1.83 bits per heavy atom. The quantitative estimate of drug-likeness (QED) is 0.808. The summed E-state index contributed by atoms with van der Waals surface area (Å²) in [4.78, 5) is 22.2. The van der Waals surface area contributed by atoms with Crippen molar-refractivity contribution < 1.29 is 14.7 Å². The van der Waals surface area contributed by atoms with Gasteiger partial charge in [-0.1, -0.05) is 37.3 Å². The number of nitrogens with one attached hydrogen (secondary N) is 1. The number of amides is 1. The molecule has 2 atom stereocenters. The molecule has 0 aliphatic rings. The summed E-state index contributed by atoms with van der Waals surface area (Å²) in [5.41, 5.74) is 1.15. The van der Waals surface area contributed by atoms with Crippen LogP contribution in [-0.4, -0.2) is 23.0 Å². The van der Waals surface area contributed by atoms with Crippen LogP contribution in [0.5, 0.6) is 0 Å². The lowest BCUT2D eigenvalue weighted by molar-refractivity contribution is -0.140. The van der Waals surface area contributed by atoms with Crippen molar-refractivity contribution in [2.45, 2.75) is 32.7 Å². The summed E-state index contributed by atoms with van der Waals surface area (Å²) in [5.74, 6) is -1.66. The van der Waals surface area contributed by atoms with E-state index in [0.29, 0.717) is 0 Å². The first-order valence-electron chi connectivity index (χ1n) is 6.05. The molecule has 0 aromatic heterocycles. The maximum atomic E-state index is 11.7. The van der Waals surface area contributed by atoms with E-state index >= 15 is 0 Å². The summed E-state index contributed by atoms with van der Waals surface area (Å²) in [5, 5.41) is 11.5. The summed E-state index contributed by atoms with van der Waals surface area (Å²) >= 11 is 0. The second-order valence-corrected chi connectivity index (χ2v) is 4.60. The Kier molecular flexibility index (Phi) is 5.36. The maximum absolute atomic E-state index is 11.7. The number of carbonyl (C=O) groups is 2. The molecule has 1 aromatic carbocycles. The van der Waals surface area contributed by atoms with Crippen LogP contribution in [0.15, 0.2) is 30.3 Å². The minimum Gasteiger partial charge on any atom is -0.481 e. The molecule has 98 valence electrons. The van der Waals surface area contributed by atoms with E-state index in [2.05, 4.69) is 5.32 Å². The number of carboxylic acid groups (broad SMARTS) is 1. The van der Waals surface area contributed by atoms with Gasteiger partial charge < -0.3 is 10.4 Å². The highest BCUT2D eigenvalue weighted by molar-refractivity contribution is 5.82. The smallest absolute Gasteiger partial charge is 0.304 e. The molecule has 0 saturated heterocycles. The van der Waals surface area contributed by atoms with Gasteiger partial charge in [-0.15, -0.1) is 0 Å². The topological polar surface area (TPSA) is 66.4 Å². The molecule has 1 amide bonds. The first-order valence-corrected chi connectivity index (χ1v) is 6.05. The van der Waals surface area contributed by atoms with Crippen molar-refractivity contribution in [2.75, 3.05) is 0 Å². The van der Waals surface area contributed by atoms with Crippen LogP contribution in [0.4, 0.5) is 0 Å². The van der Waals surface area contributed by atoms with Crippen molar-refractivity contribution >= 4 is 11.9 Å². The number of aliphatic carboxylic acids is 1. The molecule has 0 fully saturated rings. The highest BCUT2D eigenvalue weighted by atomic mass is 16.4. The van der Waals surface area contributed by atoms with Gasteiger partial charge in [-0.05, 0) is 18.9 Å². The van der Waals surface area contributed by atoms with E-state index < -0.39 is 11.9 Å². The molecule has 0 bridgehead atoms. The predicted octanol–water partition coefficient (Wildman–Crippen LogP) is 1.84. The third kappa shape index (κ3) is 4.99. The number of hydrogen-bond donors (Lipinski definition) is 2. The lowest BCUT2D eigenvalue weighted by Crippen LogP contribution is -2.38. The molecule has 18 heavy (non-hydrogen) atoms. The SMILES string of the molecule is CC(Cc1ccccc1)NC(=O)C(C)CC(=O)O. The second-order valence-electron chi connectivity index (χ2n) is 4.60. The lowest BCUT2D eigenvalue weighted by atomic mass is 10.0. The zero-order chi connectivity index (χ0) is 13.5. The second kappa shape index (κ2) is 6.79. The van der Waals surface area contributed by atoms with Crippen molar-refractivity contribution in [1.82, 2.24) is 5.32 Å². The predicted molar refractivity (Wildman–Crippen MR) is 69.2 cm³/mol. The van der Waals surface area contributed by atoms with Gasteiger partial charge in [0.15, 0.2) is 0 Å². The van der Waals surface area contributed by atoms with E-state index in [9.17, 15) is 9.59 Å². The van der Waals surface area contributed by atoms with E-state index in [-0.39, 0.29) is 18.4 Å². The van der Waals surface area contributed by atoms with Gasteiger partial charge in [0.25, 0.3) is 0 Å². The molecule has 1 rings (SSSR count). The molecule has 4 nitrogen and oxygen atoms in total.